The standard InChI is InChI=1S/C17H21N5O2/c1-5-13(12-6-7-15(23-3)16(9-12)24-4)19-14-8-11(2)21-22-10-18-20-17(14)22/h6-10,13,19H,5H2,1-4H3. The van der Waals surface area contributed by atoms with Gasteiger partial charge in [0, 0.05) is 0 Å². The summed E-state index contributed by atoms with van der Waals surface area (Å²) in [7, 11) is 3.27. The van der Waals surface area contributed by atoms with Gasteiger partial charge in [-0.05, 0) is 37.1 Å². The number of nitrogens with zero attached hydrogens (tertiary/aromatic N) is 4. The topological polar surface area (TPSA) is 73.6 Å². The van der Waals surface area contributed by atoms with Gasteiger partial charge in [0.25, 0.3) is 0 Å². The van der Waals surface area contributed by atoms with Gasteiger partial charge in [-0.25, -0.2) is 0 Å². The first-order valence-corrected chi connectivity index (χ1v) is 7.82. The normalized spacial score (nSPS) is 12.2. The lowest BCUT2D eigenvalue weighted by molar-refractivity contribution is 0.354. The minimum Gasteiger partial charge on any atom is -0.493 e. The van der Waals surface area contributed by atoms with Gasteiger partial charge < -0.3 is 14.8 Å². The molecule has 0 spiro atoms. The molecule has 0 saturated heterocycles. The number of benzene rings is 1. The van der Waals surface area contributed by atoms with Crippen LogP contribution in [0.25, 0.3) is 5.65 Å². The van der Waals surface area contributed by atoms with E-state index >= 15 is 0 Å². The molecule has 0 aliphatic rings. The zero-order valence-corrected chi connectivity index (χ0v) is 14.3. The van der Waals surface area contributed by atoms with Crippen LogP contribution < -0.4 is 14.8 Å². The van der Waals surface area contributed by atoms with E-state index in [4.69, 9.17) is 9.47 Å². The zero-order valence-electron chi connectivity index (χ0n) is 14.3. The highest BCUT2D eigenvalue weighted by atomic mass is 16.5. The Morgan fingerprint density at radius 3 is 2.67 bits per heavy atom. The SMILES string of the molecule is CCC(Nc1cc(C)nn2cnnc12)c1ccc(OC)c(OC)c1. The maximum atomic E-state index is 5.41. The second kappa shape index (κ2) is 6.74. The molecule has 0 aliphatic carbocycles. The smallest absolute Gasteiger partial charge is 0.200 e. The molecule has 0 bridgehead atoms. The number of anilines is 1. The van der Waals surface area contributed by atoms with E-state index in [0.29, 0.717) is 11.4 Å². The van der Waals surface area contributed by atoms with Crippen LogP contribution in [0.3, 0.4) is 0 Å². The molecule has 0 amide bonds. The molecule has 3 aromatic rings. The molecule has 0 saturated carbocycles. The highest BCUT2D eigenvalue weighted by Crippen LogP contribution is 2.32. The lowest BCUT2D eigenvalue weighted by atomic mass is 10.0. The molecule has 24 heavy (non-hydrogen) atoms. The predicted octanol–water partition coefficient (Wildman–Crippen LogP) is 3.01. The van der Waals surface area contributed by atoms with E-state index in [9.17, 15) is 0 Å². The Morgan fingerprint density at radius 1 is 1.17 bits per heavy atom. The van der Waals surface area contributed by atoms with Crippen molar-refractivity contribution in [2.75, 3.05) is 19.5 Å². The third kappa shape index (κ3) is 2.97. The number of hydrogen-bond acceptors (Lipinski definition) is 6. The number of hydrogen-bond donors (Lipinski definition) is 1. The number of aryl methyl sites for hydroxylation is 1. The Balaban J connectivity index is 1.96. The summed E-state index contributed by atoms with van der Waals surface area (Å²) in [4.78, 5) is 0. The summed E-state index contributed by atoms with van der Waals surface area (Å²) in [5, 5.41) is 16.0. The quantitative estimate of drug-likeness (QED) is 0.750. The fourth-order valence-electron chi connectivity index (χ4n) is 2.74. The van der Waals surface area contributed by atoms with E-state index in [-0.39, 0.29) is 6.04 Å². The van der Waals surface area contributed by atoms with Crippen molar-refractivity contribution >= 4 is 11.3 Å². The van der Waals surface area contributed by atoms with E-state index in [1.807, 2.05) is 31.2 Å². The molecule has 2 heterocycles. The van der Waals surface area contributed by atoms with Crippen LogP contribution >= 0.6 is 0 Å². The average molecular weight is 327 g/mol. The summed E-state index contributed by atoms with van der Waals surface area (Å²) in [6.45, 7) is 4.07. The van der Waals surface area contributed by atoms with Gasteiger partial charge in [-0.15, -0.1) is 10.2 Å². The van der Waals surface area contributed by atoms with Crippen molar-refractivity contribution in [1.29, 1.82) is 0 Å². The van der Waals surface area contributed by atoms with E-state index < -0.39 is 0 Å². The van der Waals surface area contributed by atoms with E-state index in [2.05, 4.69) is 27.5 Å². The van der Waals surface area contributed by atoms with Gasteiger partial charge in [0.05, 0.1) is 31.6 Å². The molecule has 126 valence electrons. The molecular formula is C17H21N5O2. The Kier molecular flexibility index (Phi) is 4.50. The number of methoxy groups -OCH3 is 2. The van der Waals surface area contributed by atoms with Crippen LogP contribution in [0.4, 0.5) is 5.69 Å². The van der Waals surface area contributed by atoms with Crippen molar-refractivity contribution in [3.05, 3.63) is 41.9 Å². The Labute approximate surface area is 140 Å². The van der Waals surface area contributed by atoms with Gasteiger partial charge in [0.15, 0.2) is 11.5 Å². The van der Waals surface area contributed by atoms with Crippen LogP contribution in [0.1, 0.15) is 30.6 Å². The molecule has 1 unspecified atom stereocenters. The minimum atomic E-state index is 0.104. The Hall–Kier alpha value is -2.83. The second-order valence-electron chi connectivity index (χ2n) is 5.52. The fraction of sp³-hybridized carbons (Fsp3) is 0.353. The van der Waals surface area contributed by atoms with E-state index in [1.165, 1.54) is 0 Å². The van der Waals surface area contributed by atoms with Crippen LogP contribution in [0.2, 0.25) is 0 Å². The number of nitrogens with one attached hydrogen (secondary N) is 1. The van der Waals surface area contributed by atoms with Crippen molar-refractivity contribution < 1.29 is 9.47 Å². The highest BCUT2D eigenvalue weighted by molar-refractivity contribution is 5.67. The molecule has 0 aliphatic heterocycles. The van der Waals surface area contributed by atoms with Gasteiger partial charge in [0.1, 0.15) is 6.33 Å². The number of aromatic nitrogens is 4. The first kappa shape index (κ1) is 16.0. The van der Waals surface area contributed by atoms with E-state index in [1.54, 1.807) is 25.1 Å². The van der Waals surface area contributed by atoms with Gasteiger partial charge in [0.2, 0.25) is 5.65 Å². The number of ether oxygens (including phenoxy) is 2. The average Bonchev–Trinajstić information content (AvgIpc) is 3.07. The third-order valence-electron chi connectivity index (χ3n) is 3.94. The minimum absolute atomic E-state index is 0.104. The summed E-state index contributed by atoms with van der Waals surface area (Å²) in [6.07, 6.45) is 2.50. The van der Waals surface area contributed by atoms with Crippen LogP contribution in [-0.2, 0) is 0 Å². The maximum absolute atomic E-state index is 5.41. The monoisotopic (exact) mass is 327 g/mol. The summed E-state index contributed by atoms with van der Waals surface area (Å²) < 4.78 is 12.4. The zero-order chi connectivity index (χ0) is 17.1. The van der Waals surface area contributed by atoms with Crippen LogP contribution in [-0.4, -0.2) is 34.0 Å². The van der Waals surface area contributed by atoms with Gasteiger partial charge in [-0.3, -0.25) is 0 Å². The Morgan fingerprint density at radius 2 is 1.96 bits per heavy atom. The summed E-state index contributed by atoms with van der Waals surface area (Å²) in [6, 6.07) is 8.04. The van der Waals surface area contributed by atoms with Crippen molar-refractivity contribution in [3.8, 4) is 11.5 Å². The van der Waals surface area contributed by atoms with Crippen LogP contribution in [0, 0.1) is 6.92 Å². The largest absolute Gasteiger partial charge is 0.493 e. The molecule has 7 nitrogen and oxygen atoms in total. The highest BCUT2D eigenvalue weighted by Gasteiger charge is 2.15. The molecule has 0 fully saturated rings. The number of fused-ring (bicyclic) bond motifs is 1. The van der Waals surface area contributed by atoms with E-state index in [0.717, 1.165) is 29.1 Å². The van der Waals surface area contributed by atoms with Gasteiger partial charge in [-0.1, -0.05) is 13.0 Å². The van der Waals surface area contributed by atoms with Crippen molar-refractivity contribution in [2.24, 2.45) is 0 Å². The van der Waals surface area contributed by atoms with Gasteiger partial charge >= 0.3 is 0 Å². The molecule has 1 N–H and O–H groups in total. The molecule has 0 radical (unpaired) electrons. The first-order chi connectivity index (χ1) is 11.7. The van der Waals surface area contributed by atoms with Crippen molar-refractivity contribution in [3.63, 3.8) is 0 Å². The van der Waals surface area contributed by atoms with Crippen LogP contribution in [0.15, 0.2) is 30.6 Å². The summed E-state index contributed by atoms with van der Waals surface area (Å²) >= 11 is 0. The molecular weight excluding hydrogens is 306 g/mol. The fourth-order valence-corrected chi connectivity index (χ4v) is 2.74. The lowest BCUT2D eigenvalue weighted by Crippen LogP contribution is -2.12. The lowest BCUT2D eigenvalue weighted by Gasteiger charge is -2.20. The molecule has 1 atom stereocenters. The Bertz CT molecular complexity index is 846. The second-order valence-corrected chi connectivity index (χ2v) is 5.52. The number of rotatable bonds is 6. The first-order valence-electron chi connectivity index (χ1n) is 7.82. The van der Waals surface area contributed by atoms with Crippen molar-refractivity contribution in [1.82, 2.24) is 19.8 Å². The summed E-state index contributed by atoms with van der Waals surface area (Å²) in [5.74, 6) is 1.43. The molecule has 2 aromatic heterocycles. The molecule has 7 heteroatoms. The summed E-state index contributed by atoms with van der Waals surface area (Å²) in [5.41, 5.74) is 3.62. The predicted molar refractivity (Wildman–Crippen MR) is 91.7 cm³/mol. The van der Waals surface area contributed by atoms with Crippen molar-refractivity contribution in [2.45, 2.75) is 26.3 Å². The van der Waals surface area contributed by atoms with Crippen LogP contribution in [0.5, 0.6) is 11.5 Å². The molecule has 3 rings (SSSR count). The van der Waals surface area contributed by atoms with Gasteiger partial charge in [-0.2, -0.15) is 9.61 Å². The third-order valence-corrected chi connectivity index (χ3v) is 3.94. The molecule has 1 aromatic carbocycles. The maximum Gasteiger partial charge on any atom is 0.200 e.